The molecular weight excluding hydrogens is 484 g/mol. The predicted molar refractivity (Wildman–Crippen MR) is 143 cm³/mol. The lowest BCUT2D eigenvalue weighted by atomic mass is 9.84. The number of amidine groups is 1. The molecule has 2 aromatic carbocycles. The summed E-state index contributed by atoms with van der Waals surface area (Å²) in [6, 6.07) is 17.8. The van der Waals surface area contributed by atoms with Crippen LogP contribution < -0.4 is 21.7 Å². The van der Waals surface area contributed by atoms with E-state index in [4.69, 9.17) is 11.1 Å². The van der Waals surface area contributed by atoms with E-state index in [2.05, 4.69) is 20.9 Å². The molecule has 0 saturated carbocycles. The smallest absolute Gasteiger partial charge is 0.317 e. The highest BCUT2D eigenvalue weighted by Crippen LogP contribution is 2.29. The molecule has 1 amide bonds. The number of carboxylic acids is 1. The van der Waals surface area contributed by atoms with Gasteiger partial charge in [-0.2, -0.15) is 0 Å². The molecule has 10 nitrogen and oxygen atoms in total. The number of hydrogen-bond donors (Lipinski definition) is 7. The summed E-state index contributed by atoms with van der Waals surface area (Å²) in [5.41, 5.74) is 8.06. The van der Waals surface area contributed by atoms with Crippen LogP contribution in [0.5, 0.6) is 0 Å². The number of aliphatic carboxylic acids is 1. The van der Waals surface area contributed by atoms with Crippen molar-refractivity contribution in [3.8, 4) is 0 Å². The minimum Gasteiger partial charge on any atom is -0.480 e. The number of nitrogens with one attached hydrogen (secondary N) is 5. The second-order valence-electron chi connectivity index (χ2n) is 9.30. The van der Waals surface area contributed by atoms with Gasteiger partial charge in [-0.05, 0) is 36.6 Å². The molecule has 1 fully saturated rings. The first-order chi connectivity index (χ1) is 18.3. The van der Waals surface area contributed by atoms with Gasteiger partial charge in [-0.3, -0.25) is 25.1 Å². The molecule has 1 saturated heterocycles. The molecule has 8 N–H and O–H groups in total. The summed E-state index contributed by atoms with van der Waals surface area (Å²) in [7, 11) is 0. The third-order valence-electron chi connectivity index (χ3n) is 6.71. The molecule has 38 heavy (non-hydrogen) atoms. The van der Waals surface area contributed by atoms with Crippen molar-refractivity contribution < 1.29 is 19.5 Å². The second kappa shape index (κ2) is 12.3. The molecule has 3 atom stereocenters. The Kier molecular flexibility index (Phi) is 8.67. The summed E-state index contributed by atoms with van der Waals surface area (Å²) in [5, 5.41) is 26.1. The lowest BCUT2D eigenvalue weighted by molar-refractivity contribution is -0.136. The lowest BCUT2D eigenvalue weighted by Gasteiger charge is -2.30. The third-order valence-corrected chi connectivity index (χ3v) is 6.71. The van der Waals surface area contributed by atoms with Gasteiger partial charge in [0.1, 0.15) is 11.9 Å². The van der Waals surface area contributed by atoms with Crippen LogP contribution in [0.15, 0.2) is 72.9 Å². The number of aromatic amines is 1. The van der Waals surface area contributed by atoms with Gasteiger partial charge in [-0.15, -0.1) is 0 Å². The molecule has 0 aliphatic carbocycles. The van der Waals surface area contributed by atoms with E-state index in [1.165, 1.54) is 6.20 Å². The van der Waals surface area contributed by atoms with E-state index in [1.54, 1.807) is 6.07 Å². The van der Waals surface area contributed by atoms with Crippen LogP contribution in [-0.4, -0.2) is 58.8 Å². The average Bonchev–Trinajstić information content (AvgIpc) is 3.63. The Labute approximate surface area is 220 Å². The quantitative estimate of drug-likeness (QED) is 0.142. The number of aromatic nitrogens is 1. The minimum absolute atomic E-state index is 0.168. The number of nitrogen functional groups attached to an aromatic ring is 1. The Morgan fingerprint density at radius 2 is 1.68 bits per heavy atom. The van der Waals surface area contributed by atoms with Gasteiger partial charge in [0, 0.05) is 23.4 Å². The average molecular weight is 517 g/mol. The Hall–Kier alpha value is -4.28. The number of amides is 1. The van der Waals surface area contributed by atoms with Crippen molar-refractivity contribution in [3.05, 3.63) is 95.3 Å². The monoisotopic (exact) mass is 516 g/mol. The number of Topliss-reactive ketones (excluding diaryl/α,β-unsaturated/α-hetero) is 1. The Morgan fingerprint density at radius 1 is 1.05 bits per heavy atom. The Balaban J connectivity index is 1.72. The molecule has 0 bridgehead atoms. The summed E-state index contributed by atoms with van der Waals surface area (Å²) in [5.74, 6) is -2.56. The normalized spacial score (nSPS) is 16.6. The minimum atomic E-state index is -1.11. The number of carbonyl (C=O) groups excluding carboxylic acids is 2. The topological polar surface area (TPSA) is 173 Å². The summed E-state index contributed by atoms with van der Waals surface area (Å²) >= 11 is 0. The highest BCUT2D eigenvalue weighted by Gasteiger charge is 2.37. The van der Waals surface area contributed by atoms with E-state index in [-0.39, 0.29) is 11.6 Å². The van der Waals surface area contributed by atoms with Crippen molar-refractivity contribution in [3.63, 3.8) is 0 Å². The van der Waals surface area contributed by atoms with E-state index in [0.29, 0.717) is 24.2 Å². The van der Waals surface area contributed by atoms with Gasteiger partial charge in [0.25, 0.3) is 0 Å². The molecule has 3 aromatic rings. The number of carboxylic acid groups (broad SMARTS) is 1. The van der Waals surface area contributed by atoms with Crippen LogP contribution in [0.4, 0.5) is 0 Å². The van der Waals surface area contributed by atoms with Crippen molar-refractivity contribution in [1.82, 2.24) is 20.9 Å². The van der Waals surface area contributed by atoms with E-state index >= 15 is 0 Å². The Morgan fingerprint density at radius 3 is 2.18 bits per heavy atom. The summed E-state index contributed by atoms with van der Waals surface area (Å²) in [6.45, 7) is 0.251. The van der Waals surface area contributed by atoms with Crippen LogP contribution in [0.1, 0.15) is 47.2 Å². The zero-order valence-corrected chi connectivity index (χ0v) is 20.8. The summed E-state index contributed by atoms with van der Waals surface area (Å²) in [4.78, 5) is 42.0. The molecule has 10 heteroatoms. The molecule has 1 aliphatic rings. The van der Waals surface area contributed by atoms with Gasteiger partial charge in [0.2, 0.25) is 5.91 Å². The number of ketones is 1. The van der Waals surface area contributed by atoms with Gasteiger partial charge in [-0.25, -0.2) is 0 Å². The van der Waals surface area contributed by atoms with Crippen LogP contribution in [0.25, 0.3) is 0 Å². The van der Waals surface area contributed by atoms with Crippen molar-refractivity contribution in [1.29, 1.82) is 5.41 Å². The first-order valence-corrected chi connectivity index (χ1v) is 12.5. The SMILES string of the molecule is N=C(N)c1c[nH]c(C(NC(=O)[C@H](NCC(=O)O)C(c2ccccc2)c2ccccc2)C(=O)[C@@H]2CCCN2)c1. The molecule has 0 radical (unpaired) electrons. The van der Waals surface area contributed by atoms with E-state index < -0.39 is 42.5 Å². The lowest BCUT2D eigenvalue weighted by Crippen LogP contribution is -2.52. The number of nitrogens with two attached hydrogens (primary N) is 1. The highest BCUT2D eigenvalue weighted by atomic mass is 16.4. The maximum Gasteiger partial charge on any atom is 0.317 e. The Bertz CT molecular complexity index is 1230. The van der Waals surface area contributed by atoms with Crippen LogP contribution >= 0.6 is 0 Å². The zero-order chi connectivity index (χ0) is 27.1. The van der Waals surface area contributed by atoms with E-state index in [0.717, 1.165) is 17.5 Å². The number of benzene rings is 2. The standard InChI is InChI=1S/C28H32N6O4/c29-27(30)19-14-21(32-15-19)24(26(37)20-12-7-13-31-20)34-28(38)25(33-16-22(35)36)23(17-8-3-1-4-9-17)18-10-5-2-6-11-18/h1-6,8-11,14-15,20,23-25,31-33H,7,12-13,16H2,(H3,29,30)(H,34,38)(H,35,36)/t20-,24?,25+/m0/s1. The van der Waals surface area contributed by atoms with Crippen LogP contribution in [-0.2, 0) is 14.4 Å². The zero-order valence-electron chi connectivity index (χ0n) is 20.8. The molecule has 2 heterocycles. The molecule has 4 rings (SSSR count). The summed E-state index contributed by atoms with van der Waals surface area (Å²) in [6.07, 6.45) is 3.00. The number of rotatable bonds is 12. The van der Waals surface area contributed by atoms with Crippen molar-refractivity contribution >= 4 is 23.5 Å². The van der Waals surface area contributed by atoms with Crippen molar-refractivity contribution in [2.45, 2.75) is 36.9 Å². The molecule has 0 spiro atoms. The molecule has 1 aromatic heterocycles. The fraction of sp³-hybridized carbons (Fsp3) is 0.286. The molecule has 1 unspecified atom stereocenters. The van der Waals surface area contributed by atoms with Gasteiger partial charge in [0.05, 0.1) is 18.6 Å². The number of hydrogen-bond acceptors (Lipinski definition) is 6. The number of carbonyl (C=O) groups is 3. The highest BCUT2D eigenvalue weighted by molar-refractivity contribution is 5.97. The number of H-pyrrole nitrogens is 1. The van der Waals surface area contributed by atoms with E-state index in [9.17, 15) is 19.5 Å². The largest absolute Gasteiger partial charge is 0.480 e. The van der Waals surface area contributed by atoms with Crippen LogP contribution in [0, 0.1) is 5.41 Å². The van der Waals surface area contributed by atoms with Gasteiger partial charge >= 0.3 is 5.97 Å². The maximum atomic E-state index is 14.0. The van der Waals surface area contributed by atoms with Crippen molar-refractivity contribution in [2.75, 3.05) is 13.1 Å². The third kappa shape index (κ3) is 6.34. The van der Waals surface area contributed by atoms with Gasteiger partial charge in [0.15, 0.2) is 5.78 Å². The summed E-state index contributed by atoms with van der Waals surface area (Å²) < 4.78 is 0. The predicted octanol–water partition coefficient (Wildman–Crippen LogP) is 1.65. The van der Waals surface area contributed by atoms with Gasteiger partial charge in [-0.1, -0.05) is 60.7 Å². The first kappa shape index (κ1) is 26.8. The maximum absolute atomic E-state index is 14.0. The van der Waals surface area contributed by atoms with Gasteiger partial charge < -0.3 is 26.5 Å². The fourth-order valence-corrected chi connectivity index (χ4v) is 4.85. The second-order valence-corrected chi connectivity index (χ2v) is 9.30. The van der Waals surface area contributed by atoms with Crippen LogP contribution in [0.2, 0.25) is 0 Å². The first-order valence-electron chi connectivity index (χ1n) is 12.5. The van der Waals surface area contributed by atoms with E-state index in [1.807, 2.05) is 60.7 Å². The fourth-order valence-electron chi connectivity index (χ4n) is 4.85. The molecular formula is C28H32N6O4. The molecule has 1 aliphatic heterocycles. The molecule has 198 valence electrons. The van der Waals surface area contributed by atoms with Crippen LogP contribution in [0.3, 0.4) is 0 Å². The van der Waals surface area contributed by atoms with Crippen molar-refractivity contribution in [2.24, 2.45) is 5.73 Å².